The minimum Gasteiger partial charge on any atom is -0.624 e. The van der Waals surface area contributed by atoms with Crippen LogP contribution in [0.5, 0.6) is 0 Å². The van der Waals surface area contributed by atoms with Crippen molar-refractivity contribution in [3.8, 4) is 0 Å². The number of benzene rings is 1. The van der Waals surface area contributed by atoms with Crippen LogP contribution in [0.25, 0.3) is 0 Å². The van der Waals surface area contributed by atoms with Crippen LogP contribution < -0.4 is 0 Å². The van der Waals surface area contributed by atoms with Gasteiger partial charge in [-0.15, -0.1) is 0 Å². The number of hydroxylamine groups is 1. The highest BCUT2D eigenvalue weighted by Gasteiger charge is 2.23. The second-order valence-electron chi connectivity index (χ2n) is 6.52. The topological polar surface area (TPSA) is 26.1 Å². The summed E-state index contributed by atoms with van der Waals surface area (Å²) < 4.78 is 1.19. The maximum absolute atomic E-state index is 11.7. The lowest BCUT2D eigenvalue weighted by Gasteiger charge is -2.23. The van der Waals surface area contributed by atoms with E-state index in [1.165, 1.54) is 27.9 Å². The van der Waals surface area contributed by atoms with Gasteiger partial charge >= 0.3 is 0 Å². The van der Waals surface area contributed by atoms with Gasteiger partial charge < -0.3 is 5.21 Å². The molecule has 1 aliphatic rings. The molecule has 0 bridgehead atoms. The Morgan fingerprint density at radius 1 is 1.35 bits per heavy atom. The third-order valence-electron chi connectivity index (χ3n) is 4.21. The zero-order valence-electron chi connectivity index (χ0n) is 13.1. The van der Waals surface area contributed by atoms with Crippen LogP contribution in [0.3, 0.4) is 0 Å². The molecule has 0 spiro atoms. The quantitative estimate of drug-likeness (QED) is 0.329. The van der Waals surface area contributed by atoms with Crippen molar-refractivity contribution in [3.63, 3.8) is 0 Å². The Morgan fingerprint density at radius 2 is 2.10 bits per heavy atom. The van der Waals surface area contributed by atoms with E-state index in [4.69, 9.17) is 0 Å². The van der Waals surface area contributed by atoms with Gasteiger partial charge in [0, 0.05) is 19.3 Å². The molecular weight excluding hydrogens is 246 g/mol. The third-order valence-corrected chi connectivity index (χ3v) is 4.21. The van der Waals surface area contributed by atoms with E-state index in [0.717, 1.165) is 32.1 Å². The van der Waals surface area contributed by atoms with Gasteiger partial charge in [-0.1, -0.05) is 32.0 Å². The Hall–Kier alpha value is -1.31. The predicted molar refractivity (Wildman–Crippen MR) is 85.4 cm³/mol. The van der Waals surface area contributed by atoms with Crippen LogP contribution >= 0.6 is 0 Å². The number of hydrogen-bond donors (Lipinski definition) is 0. The first-order chi connectivity index (χ1) is 9.56. The standard InChI is InChI=1S/C18H27NO/c1-14(2)12-16-9-10-17(15(3)13-16)6-5-11-19(20)18-7-4-8-18/h9-11,13-14,18H,4-8,12H2,1-3H3. The fourth-order valence-corrected chi connectivity index (χ4v) is 2.77. The Bertz CT molecular complexity index is 472. The monoisotopic (exact) mass is 273 g/mol. The van der Waals surface area contributed by atoms with E-state index in [9.17, 15) is 5.21 Å². The third kappa shape index (κ3) is 4.09. The summed E-state index contributed by atoms with van der Waals surface area (Å²) in [5, 5.41) is 11.7. The van der Waals surface area contributed by atoms with E-state index in [-0.39, 0.29) is 6.04 Å². The minimum atomic E-state index is 0.268. The zero-order chi connectivity index (χ0) is 14.5. The molecule has 0 amide bonds. The molecule has 0 radical (unpaired) electrons. The van der Waals surface area contributed by atoms with Gasteiger partial charge in [0.1, 0.15) is 0 Å². The molecule has 0 atom stereocenters. The smallest absolute Gasteiger partial charge is 0.162 e. The van der Waals surface area contributed by atoms with Crippen LogP contribution in [0.15, 0.2) is 18.2 Å². The molecule has 0 saturated heterocycles. The lowest BCUT2D eigenvalue weighted by molar-refractivity contribution is -0.512. The summed E-state index contributed by atoms with van der Waals surface area (Å²) in [6, 6.07) is 7.04. The van der Waals surface area contributed by atoms with Gasteiger partial charge in [0.15, 0.2) is 12.3 Å². The molecule has 20 heavy (non-hydrogen) atoms. The SMILES string of the molecule is Cc1cc(CC(C)C)ccc1CCC=[N+]([O-])C1CCC1. The first-order valence-electron chi connectivity index (χ1n) is 7.93. The highest BCUT2D eigenvalue weighted by molar-refractivity contribution is 5.52. The average molecular weight is 273 g/mol. The molecule has 1 aliphatic carbocycles. The van der Waals surface area contributed by atoms with Crippen LogP contribution in [0.4, 0.5) is 0 Å². The van der Waals surface area contributed by atoms with E-state index >= 15 is 0 Å². The van der Waals surface area contributed by atoms with E-state index < -0.39 is 0 Å². The maximum atomic E-state index is 11.7. The summed E-state index contributed by atoms with van der Waals surface area (Å²) in [6.45, 7) is 6.68. The second-order valence-corrected chi connectivity index (χ2v) is 6.52. The molecule has 1 fully saturated rings. The number of aryl methyl sites for hydroxylation is 2. The molecule has 0 heterocycles. The molecular formula is C18H27NO. The second kappa shape index (κ2) is 6.92. The molecule has 2 heteroatoms. The number of nitrogens with zero attached hydrogens (tertiary/aromatic N) is 1. The van der Waals surface area contributed by atoms with Crippen molar-refractivity contribution < 1.29 is 4.74 Å². The van der Waals surface area contributed by atoms with Gasteiger partial charge in [-0.05, 0) is 48.8 Å². The fourth-order valence-electron chi connectivity index (χ4n) is 2.77. The number of rotatable bonds is 6. The van der Waals surface area contributed by atoms with Crippen molar-refractivity contribution in [2.45, 2.75) is 65.3 Å². The summed E-state index contributed by atoms with van der Waals surface area (Å²) in [4.78, 5) is 0. The van der Waals surface area contributed by atoms with Gasteiger partial charge in [-0.2, -0.15) is 0 Å². The van der Waals surface area contributed by atoms with Crippen LogP contribution in [0.2, 0.25) is 0 Å². The molecule has 0 N–H and O–H groups in total. The largest absolute Gasteiger partial charge is 0.624 e. The van der Waals surface area contributed by atoms with E-state index in [1.54, 1.807) is 0 Å². The van der Waals surface area contributed by atoms with Crippen molar-refractivity contribution in [2.75, 3.05) is 0 Å². The van der Waals surface area contributed by atoms with E-state index in [1.807, 2.05) is 6.21 Å². The summed E-state index contributed by atoms with van der Waals surface area (Å²) in [7, 11) is 0. The van der Waals surface area contributed by atoms with Gasteiger partial charge in [-0.3, -0.25) is 0 Å². The summed E-state index contributed by atoms with van der Waals surface area (Å²) in [6.07, 6.45) is 8.16. The van der Waals surface area contributed by atoms with Crippen molar-refractivity contribution >= 4 is 6.21 Å². The molecule has 1 aromatic carbocycles. The molecule has 2 rings (SSSR count). The molecule has 1 saturated carbocycles. The molecule has 0 aliphatic heterocycles. The Labute approximate surface area is 123 Å². The Kier molecular flexibility index (Phi) is 5.22. The highest BCUT2D eigenvalue weighted by atomic mass is 16.5. The van der Waals surface area contributed by atoms with Crippen molar-refractivity contribution in [3.05, 3.63) is 40.1 Å². The van der Waals surface area contributed by atoms with Crippen molar-refractivity contribution in [1.82, 2.24) is 0 Å². The number of hydrogen-bond acceptors (Lipinski definition) is 1. The lowest BCUT2D eigenvalue weighted by atomic mass is 9.93. The van der Waals surface area contributed by atoms with Crippen LogP contribution in [-0.2, 0) is 12.8 Å². The van der Waals surface area contributed by atoms with Crippen molar-refractivity contribution in [2.24, 2.45) is 5.92 Å². The van der Waals surface area contributed by atoms with Crippen LogP contribution in [0.1, 0.15) is 56.2 Å². The minimum absolute atomic E-state index is 0.268. The summed E-state index contributed by atoms with van der Waals surface area (Å²) in [5.74, 6) is 0.699. The maximum Gasteiger partial charge on any atom is 0.162 e. The van der Waals surface area contributed by atoms with Crippen LogP contribution in [0, 0.1) is 18.0 Å². The van der Waals surface area contributed by atoms with E-state index in [2.05, 4.69) is 39.0 Å². The zero-order valence-corrected chi connectivity index (χ0v) is 13.1. The molecule has 0 aromatic heterocycles. The van der Waals surface area contributed by atoms with Crippen LogP contribution in [-0.4, -0.2) is 17.0 Å². The van der Waals surface area contributed by atoms with Gasteiger partial charge in [0.25, 0.3) is 0 Å². The summed E-state index contributed by atoms with van der Waals surface area (Å²) in [5.41, 5.74) is 4.15. The highest BCUT2D eigenvalue weighted by Crippen LogP contribution is 2.21. The Morgan fingerprint density at radius 3 is 2.65 bits per heavy atom. The molecule has 0 unspecified atom stereocenters. The normalized spacial score (nSPS) is 16.5. The molecule has 110 valence electrons. The fraction of sp³-hybridized carbons (Fsp3) is 0.611. The van der Waals surface area contributed by atoms with Crippen molar-refractivity contribution in [1.29, 1.82) is 0 Å². The Balaban J connectivity index is 1.89. The first-order valence-corrected chi connectivity index (χ1v) is 7.93. The molecule has 2 nitrogen and oxygen atoms in total. The predicted octanol–water partition coefficient (Wildman–Crippen LogP) is 4.26. The molecule has 1 aromatic rings. The van der Waals surface area contributed by atoms with E-state index in [0.29, 0.717) is 5.92 Å². The van der Waals surface area contributed by atoms with Gasteiger partial charge in [0.2, 0.25) is 0 Å². The van der Waals surface area contributed by atoms with Gasteiger partial charge in [0.05, 0.1) is 0 Å². The van der Waals surface area contributed by atoms with Gasteiger partial charge in [-0.25, -0.2) is 4.74 Å². The first kappa shape index (κ1) is 15.1. The summed E-state index contributed by atoms with van der Waals surface area (Å²) >= 11 is 0. The lowest BCUT2D eigenvalue weighted by Crippen LogP contribution is -2.29. The average Bonchev–Trinajstić information content (AvgIpc) is 2.28.